The van der Waals surface area contributed by atoms with Crippen molar-refractivity contribution in [1.82, 2.24) is 20.8 Å². The van der Waals surface area contributed by atoms with E-state index in [2.05, 4.69) is 20.8 Å². The number of carbonyl (C=O) groups excluding carboxylic acids is 4. The van der Waals surface area contributed by atoms with Crippen LogP contribution in [0, 0.1) is 5.41 Å². The van der Waals surface area contributed by atoms with Crippen LogP contribution in [0.3, 0.4) is 0 Å². The molecular formula is C18H24N4O6S. The Balaban J connectivity index is 1.99. The van der Waals surface area contributed by atoms with E-state index in [1.54, 1.807) is 20.8 Å². The topological polar surface area (TPSA) is 161 Å². The largest absolute Gasteiger partial charge is 0.396 e. The highest BCUT2D eigenvalue weighted by atomic mass is 32.2. The first kappa shape index (κ1) is 22.8. The molecule has 1 aliphatic rings. The minimum absolute atomic E-state index is 0.0601. The van der Waals surface area contributed by atoms with E-state index in [0.717, 1.165) is 17.8 Å². The van der Waals surface area contributed by atoms with Gasteiger partial charge >= 0.3 is 0 Å². The summed E-state index contributed by atoms with van der Waals surface area (Å²) in [6.45, 7) is 4.95. The Labute approximate surface area is 171 Å². The van der Waals surface area contributed by atoms with Crippen LogP contribution in [0.25, 0.3) is 0 Å². The number of ketones is 2. The summed E-state index contributed by atoms with van der Waals surface area (Å²) in [6, 6.07) is 0. The third-order valence-corrected chi connectivity index (χ3v) is 5.35. The average molecular weight is 424 g/mol. The van der Waals surface area contributed by atoms with E-state index < -0.39 is 34.9 Å². The Morgan fingerprint density at radius 3 is 2.62 bits per heavy atom. The van der Waals surface area contributed by atoms with Crippen LogP contribution in [0.1, 0.15) is 52.1 Å². The maximum absolute atomic E-state index is 12.7. The zero-order chi connectivity index (χ0) is 21.8. The van der Waals surface area contributed by atoms with Gasteiger partial charge in [0.2, 0.25) is 17.5 Å². The van der Waals surface area contributed by atoms with E-state index in [-0.39, 0.29) is 40.8 Å². The van der Waals surface area contributed by atoms with Crippen molar-refractivity contribution < 1.29 is 29.4 Å². The summed E-state index contributed by atoms with van der Waals surface area (Å²) >= 11 is 1.05. The van der Waals surface area contributed by atoms with Crippen molar-refractivity contribution in [2.75, 3.05) is 25.4 Å². The van der Waals surface area contributed by atoms with E-state index in [1.165, 1.54) is 0 Å². The fourth-order valence-corrected chi connectivity index (χ4v) is 3.36. The molecule has 0 unspecified atom stereocenters. The van der Waals surface area contributed by atoms with Crippen molar-refractivity contribution >= 4 is 35.1 Å². The van der Waals surface area contributed by atoms with E-state index in [0.29, 0.717) is 6.54 Å². The van der Waals surface area contributed by atoms with Gasteiger partial charge in [0.15, 0.2) is 0 Å². The van der Waals surface area contributed by atoms with Crippen LogP contribution >= 0.6 is 11.8 Å². The summed E-state index contributed by atoms with van der Waals surface area (Å²) in [5, 5.41) is 30.5. The van der Waals surface area contributed by atoms with Gasteiger partial charge in [0.1, 0.15) is 17.5 Å². The standard InChI is InChI=1S/C18H24N4O6S/c1-4-19-16(27)13-11-12(21-22-13)9(24)7-10(14(11)25)29-6-5-20-17(28)15(26)18(2,3)8-23/h7,15,23,26H,4-6,8H2,1-3H3,(H,19,27)(H,20,28)(H,21,22)/t15-/m0/s1. The van der Waals surface area contributed by atoms with Gasteiger partial charge in [-0.1, -0.05) is 13.8 Å². The monoisotopic (exact) mass is 424 g/mol. The smallest absolute Gasteiger partial charge is 0.270 e. The number of amides is 2. The van der Waals surface area contributed by atoms with Gasteiger partial charge in [-0.05, 0) is 6.92 Å². The minimum atomic E-state index is -1.39. The van der Waals surface area contributed by atoms with Crippen LogP contribution in [-0.4, -0.2) is 75.3 Å². The first-order chi connectivity index (χ1) is 13.6. The second-order valence-corrected chi connectivity index (χ2v) is 8.21. The van der Waals surface area contributed by atoms with Crippen LogP contribution in [0.4, 0.5) is 0 Å². The number of aliphatic hydroxyl groups is 2. The molecule has 0 aromatic carbocycles. The van der Waals surface area contributed by atoms with E-state index in [1.807, 2.05) is 0 Å². The van der Waals surface area contributed by atoms with Gasteiger partial charge in [-0.25, -0.2) is 0 Å². The number of fused-ring (bicyclic) bond motifs is 1. The number of carbonyl (C=O) groups is 4. The lowest BCUT2D eigenvalue weighted by molar-refractivity contribution is -0.136. The van der Waals surface area contributed by atoms with Gasteiger partial charge in [-0.15, -0.1) is 11.8 Å². The Morgan fingerprint density at radius 1 is 1.31 bits per heavy atom. The molecule has 10 nitrogen and oxygen atoms in total. The summed E-state index contributed by atoms with van der Waals surface area (Å²) < 4.78 is 0. The van der Waals surface area contributed by atoms with E-state index in [9.17, 15) is 29.4 Å². The van der Waals surface area contributed by atoms with Gasteiger partial charge in [-0.2, -0.15) is 5.10 Å². The number of rotatable bonds is 9. The molecule has 158 valence electrons. The number of H-pyrrole nitrogens is 1. The zero-order valence-electron chi connectivity index (χ0n) is 16.4. The maximum Gasteiger partial charge on any atom is 0.270 e. The van der Waals surface area contributed by atoms with Crippen molar-refractivity contribution in [3.8, 4) is 0 Å². The van der Waals surface area contributed by atoms with Crippen LogP contribution < -0.4 is 10.6 Å². The molecule has 11 heteroatoms. The van der Waals surface area contributed by atoms with Gasteiger partial charge in [0.25, 0.3) is 5.91 Å². The molecule has 29 heavy (non-hydrogen) atoms. The zero-order valence-corrected chi connectivity index (χ0v) is 17.2. The van der Waals surface area contributed by atoms with Gasteiger partial charge in [0.05, 0.1) is 17.1 Å². The number of nitrogens with one attached hydrogen (secondary N) is 3. The van der Waals surface area contributed by atoms with Crippen molar-refractivity contribution in [3.05, 3.63) is 27.9 Å². The van der Waals surface area contributed by atoms with Crippen molar-refractivity contribution in [2.45, 2.75) is 26.9 Å². The predicted molar refractivity (Wildman–Crippen MR) is 106 cm³/mol. The highest BCUT2D eigenvalue weighted by Gasteiger charge is 2.34. The number of thioether (sulfide) groups is 1. The number of aromatic nitrogens is 2. The molecular weight excluding hydrogens is 400 g/mol. The fraction of sp³-hybridized carbons (Fsp3) is 0.500. The molecule has 2 amide bonds. The summed E-state index contributed by atoms with van der Waals surface area (Å²) in [6.07, 6.45) is -0.230. The van der Waals surface area contributed by atoms with Crippen molar-refractivity contribution in [3.63, 3.8) is 0 Å². The van der Waals surface area contributed by atoms with Crippen LogP contribution in [0.5, 0.6) is 0 Å². The number of Topliss-reactive ketones (excluding diaryl/α,β-unsaturated/α-hetero) is 1. The molecule has 0 saturated heterocycles. The Morgan fingerprint density at radius 2 is 2.00 bits per heavy atom. The Bertz CT molecular complexity index is 861. The lowest BCUT2D eigenvalue weighted by Crippen LogP contribution is -2.46. The fourth-order valence-electron chi connectivity index (χ4n) is 2.51. The van der Waals surface area contributed by atoms with Gasteiger partial charge < -0.3 is 20.8 Å². The van der Waals surface area contributed by atoms with Crippen molar-refractivity contribution in [2.24, 2.45) is 5.41 Å². The molecule has 2 rings (SSSR count). The highest BCUT2D eigenvalue weighted by molar-refractivity contribution is 8.04. The molecule has 1 atom stereocenters. The molecule has 0 aliphatic heterocycles. The third kappa shape index (κ3) is 4.92. The quantitative estimate of drug-likeness (QED) is 0.336. The van der Waals surface area contributed by atoms with E-state index >= 15 is 0 Å². The molecule has 5 N–H and O–H groups in total. The highest BCUT2D eigenvalue weighted by Crippen LogP contribution is 2.29. The van der Waals surface area contributed by atoms with Crippen LogP contribution in [-0.2, 0) is 4.79 Å². The minimum Gasteiger partial charge on any atom is -0.396 e. The Hall–Kier alpha value is -2.50. The number of hydrogen-bond donors (Lipinski definition) is 5. The summed E-state index contributed by atoms with van der Waals surface area (Å²) in [7, 11) is 0. The Kier molecular flexibility index (Phi) is 7.33. The number of hydrogen-bond acceptors (Lipinski definition) is 8. The van der Waals surface area contributed by atoms with Crippen molar-refractivity contribution in [1.29, 1.82) is 0 Å². The number of allylic oxidation sites excluding steroid dienone is 2. The molecule has 1 aliphatic carbocycles. The number of nitrogens with zero attached hydrogens (tertiary/aromatic N) is 1. The second-order valence-electron chi connectivity index (χ2n) is 7.07. The number of aliphatic hydroxyl groups excluding tert-OH is 2. The van der Waals surface area contributed by atoms with E-state index in [4.69, 9.17) is 0 Å². The van der Waals surface area contributed by atoms with Gasteiger partial charge in [-0.3, -0.25) is 24.3 Å². The summed E-state index contributed by atoms with van der Waals surface area (Å²) in [5.41, 5.74) is -1.20. The summed E-state index contributed by atoms with van der Waals surface area (Å²) in [5.74, 6) is -1.89. The second kappa shape index (κ2) is 9.33. The first-order valence-electron chi connectivity index (χ1n) is 9.00. The third-order valence-electron chi connectivity index (χ3n) is 4.33. The molecule has 1 aromatic rings. The normalized spacial score (nSPS) is 14.9. The molecule has 0 spiro atoms. The molecule has 1 aromatic heterocycles. The molecule has 1 heterocycles. The molecule has 0 radical (unpaired) electrons. The SMILES string of the molecule is CCNC(=O)c1[nH]nc2c1C(=O)C(SCCNC(=O)[C@H](O)C(C)(C)CO)=CC2=O. The van der Waals surface area contributed by atoms with Crippen LogP contribution in [0.2, 0.25) is 0 Å². The lowest BCUT2D eigenvalue weighted by atomic mass is 9.87. The molecule has 0 bridgehead atoms. The van der Waals surface area contributed by atoms with Gasteiger partial charge in [0, 0.05) is 30.3 Å². The average Bonchev–Trinajstić information content (AvgIpc) is 3.14. The maximum atomic E-state index is 12.7. The number of aromatic amines is 1. The predicted octanol–water partition coefficient (Wildman–Crippen LogP) is -0.349. The lowest BCUT2D eigenvalue weighted by Gasteiger charge is -2.27. The van der Waals surface area contributed by atoms with Crippen LogP contribution in [0.15, 0.2) is 11.0 Å². The molecule has 0 fully saturated rings. The molecule has 0 saturated carbocycles. The summed E-state index contributed by atoms with van der Waals surface area (Å²) in [4.78, 5) is 49.1. The first-order valence-corrected chi connectivity index (χ1v) is 9.99.